The second-order valence-electron chi connectivity index (χ2n) is 16.2. The molecule has 7 rings (SSSR count). The molecular formula is C44H50O23. The highest BCUT2D eigenvalue weighted by Crippen LogP contribution is 2.41. The van der Waals surface area contributed by atoms with Gasteiger partial charge in [-0.1, -0.05) is 0 Å². The van der Waals surface area contributed by atoms with E-state index >= 15 is 0 Å². The lowest BCUT2D eigenvalue weighted by Gasteiger charge is -2.45. The fourth-order valence-corrected chi connectivity index (χ4v) is 7.61. The number of hydrogen-bond acceptors (Lipinski definition) is 23. The van der Waals surface area contributed by atoms with Crippen molar-refractivity contribution >= 4 is 23.0 Å². The third-order valence-corrected chi connectivity index (χ3v) is 11.5. The van der Waals surface area contributed by atoms with Crippen LogP contribution in [0.15, 0.2) is 57.8 Å². The molecule has 23 nitrogen and oxygen atoms in total. The number of rotatable bonds is 12. The molecule has 1 aromatic heterocycles. The van der Waals surface area contributed by atoms with Crippen LogP contribution in [0.25, 0.3) is 28.4 Å². The molecular weight excluding hydrogens is 896 g/mol. The number of methoxy groups -OCH3 is 1. The predicted octanol–water partition coefficient (Wildman–Crippen LogP) is -0.899. The van der Waals surface area contributed by atoms with Crippen LogP contribution in [0.5, 0.6) is 40.2 Å². The van der Waals surface area contributed by atoms with Gasteiger partial charge in [-0.05, 0) is 68.3 Å². The molecule has 3 aromatic carbocycles. The second kappa shape index (κ2) is 19.8. The van der Waals surface area contributed by atoms with Crippen molar-refractivity contribution in [2.75, 3.05) is 13.7 Å². The molecule has 0 radical (unpaired) electrons. The Morgan fingerprint density at radius 3 is 2.01 bits per heavy atom. The van der Waals surface area contributed by atoms with E-state index in [4.69, 9.17) is 42.3 Å². The number of aliphatic hydroxyl groups is 8. The number of ether oxygens (including phenoxy) is 8. The quantitative estimate of drug-likeness (QED) is 0.0465. The average Bonchev–Trinajstić information content (AvgIpc) is 3.29. The standard InChI is InChI=1S/C44H50O23/c1-15-9-18(10-25(59-4)29(15)49)5-8-27(48)60-14-26-32(52)36(56)41(67-43-38(58)35(55)31(51)17(3)62-43)44(65-26)66-40-33(53)28-23(47)12-20(63-42-37(57)34(54)30(50)16(2)61-42)13-24(28)64-39(40)19-6-7-21(45)22(46)11-19/h5-13,16-17,26,30-32,34-38,41-47,49-52,54-58H,14H2,1-4H3/b8-5+/t16?,17?,26?,30-,31-,32+,34-,35-,36-,37?,38?,41?,42-,43-,44-/m0/s1. The van der Waals surface area contributed by atoms with Gasteiger partial charge < -0.3 is 104 Å². The third kappa shape index (κ3) is 9.94. The summed E-state index contributed by atoms with van der Waals surface area (Å²) in [6, 6.07) is 8.21. The van der Waals surface area contributed by atoms with Gasteiger partial charge in [0.1, 0.15) is 84.0 Å². The molecule has 0 saturated carbocycles. The van der Waals surface area contributed by atoms with Crippen molar-refractivity contribution in [3.05, 3.63) is 69.9 Å². The highest BCUT2D eigenvalue weighted by atomic mass is 16.8. The summed E-state index contributed by atoms with van der Waals surface area (Å²) in [6.07, 6.45) is -23.4. The summed E-state index contributed by atoms with van der Waals surface area (Å²) in [4.78, 5) is 27.5. The van der Waals surface area contributed by atoms with Crippen LogP contribution in [0.2, 0.25) is 0 Å². The van der Waals surface area contributed by atoms with E-state index in [1.54, 1.807) is 13.0 Å². The first-order valence-corrected chi connectivity index (χ1v) is 20.7. The van der Waals surface area contributed by atoms with Crippen LogP contribution in [-0.2, 0) is 28.5 Å². The number of carbonyl (C=O) groups excluding carboxylic acids is 1. The largest absolute Gasteiger partial charge is 0.507 e. The molecule has 3 aliphatic rings. The summed E-state index contributed by atoms with van der Waals surface area (Å²) in [5.41, 5.74) is -0.850. The summed E-state index contributed by atoms with van der Waals surface area (Å²) in [5.74, 6) is -4.68. The van der Waals surface area contributed by atoms with Gasteiger partial charge in [-0.25, -0.2) is 4.79 Å². The van der Waals surface area contributed by atoms with Gasteiger partial charge in [0.05, 0.1) is 19.3 Å². The lowest BCUT2D eigenvalue weighted by atomic mass is 9.97. The number of aromatic hydroxyl groups is 4. The van der Waals surface area contributed by atoms with E-state index in [1.807, 2.05) is 0 Å². The van der Waals surface area contributed by atoms with Crippen LogP contribution >= 0.6 is 0 Å². The summed E-state index contributed by atoms with van der Waals surface area (Å²) in [6.45, 7) is 3.58. The number of carbonyl (C=O) groups is 1. The van der Waals surface area contributed by atoms with E-state index in [1.165, 1.54) is 39.2 Å². The Kier molecular flexibility index (Phi) is 14.5. The Balaban J connectivity index is 1.25. The van der Waals surface area contributed by atoms with Crippen molar-refractivity contribution in [1.82, 2.24) is 0 Å². The van der Waals surface area contributed by atoms with E-state index in [0.717, 1.165) is 30.3 Å². The van der Waals surface area contributed by atoms with Gasteiger partial charge in [0.25, 0.3) is 0 Å². The first-order chi connectivity index (χ1) is 31.7. The van der Waals surface area contributed by atoms with E-state index in [-0.39, 0.29) is 22.8 Å². The number of benzene rings is 3. The zero-order valence-electron chi connectivity index (χ0n) is 35.9. The van der Waals surface area contributed by atoms with Crippen LogP contribution in [0.4, 0.5) is 0 Å². The summed E-state index contributed by atoms with van der Waals surface area (Å²) in [5, 5.41) is 127. The molecule has 23 heteroatoms. The molecule has 3 aliphatic heterocycles. The fraction of sp³-hybridized carbons (Fsp3) is 0.455. The summed E-state index contributed by atoms with van der Waals surface area (Å²) >= 11 is 0. The van der Waals surface area contributed by atoms with Crippen LogP contribution < -0.4 is 19.6 Å². The maximum Gasteiger partial charge on any atom is 0.330 e. The predicted molar refractivity (Wildman–Crippen MR) is 224 cm³/mol. The molecule has 0 amide bonds. The van der Waals surface area contributed by atoms with Crippen LogP contribution in [-0.4, -0.2) is 173 Å². The van der Waals surface area contributed by atoms with E-state index in [9.17, 15) is 70.9 Å². The smallest absolute Gasteiger partial charge is 0.330 e. The number of aliphatic hydroxyl groups excluding tert-OH is 8. The molecule has 15 atom stereocenters. The molecule has 3 fully saturated rings. The highest BCUT2D eigenvalue weighted by molar-refractivity contribution is 5.89. The Morgan fingerprint density at radius 1 is 0.701 bits per heavy atom. The monoisotopic (exact) mass is 946 g/mol. The van der Waals surface area contributed by atoms with E-state index < -0.39 is 150 Å². The molecule has 0 aliphatic carbocycles. The van der Waals surface area contributed by atoms with Crippen molar-refractivity contribution in [1.29, 1.82) is 0 Å². The van der Waals surface area contributed by atoms with Crippen molar-refractivity contribution < 1.29 is 108 Å². The van der Waals surface area contributed by atoms with E-state index in [2.05, 4.69) is 0 Å². The van der Waals surface area contributed by atoms with Crippen molar-refractivity contribution in [2.45, 2.75) is 113 Å². The Labute approximate surface area is 378 Å². The first kappa shape index (κ1) is 49.1. The van der Waals surface area contributed by atoms with Crippen molar-refractivity contribution in [3.63, 3.8) is 0 Å². The number of esters is 1. The van der Waals surface area contributed by atoms with Gasteiger partial charge in [0.2, 0.25) is 23.8 Å². The molecule has 0 bridgehead atoms. The zero-order valence-corrected chi connectivity index (χ0v) is 35.9. The number of phenolic OH excluding ortho intramolecular Hbond substituents is 4. The molecule has 6 unspecified atom stereocenters. The van der Waals surface area contributed by atoms with Crippen molar-refractivity contribution in [3.8, 4) is 51.6 Å². The number of aryl methyl sites for hydroxylation is 1. The van der Waals surface area contributed by atoms with Gasteiger partial charge in [-0.3, -0.25) is 4.79 Å². The van der Waals surface area contributed by atoms with Crippen molar-refractivity contribution in [2.24, 2.45) is 0 Å². The molecule has 0 spiro atoms. The topological polar surface area (TPSA) is 364 Å². The molecule has 4 heterocycles. The number of fused-ring (bicyclic) bond motifs is 1. The SMILES string of the molecule is COc1cc(/C=C/C(=O)OCC2O[C@@H](Oc3c(-c4ccc(O)c(O)c4)oc4cc(O[C@@H]5OC(C)[C@H](O)[C@H](O)C5O)cc(O)c4c3=O)C(O[C@@H]3OC(C)[C@H](O)[C@H](O)C3O)[C@@H](O)[C@@H]2O)cc(C)c1O. The Bertz CT molecular complexity index is 2530. The molecule has 3 saturated heterocycles. The first-order valence-electron chi connectivity index (χ1n) is 20.7. The van der Waals surface area contributed by atoms with Gasteiger partial charge >= 0.3 is 5.97 Å². The summed E-state index contributed by atoms with van der Waals surface area (Å²) in [7, 11) is 1.34. The van der Waals surface area contributed by atoms with Crippen LogP contribution in [0, 0.1) is 6.92 Å². The second-order valence-corrected chi connectivity index (χ2v) is 16.2. The lowest BCUT2D eigenvalue weighted by Crippen LogP contribution is -2.64. The maximum atomic E-state index is 14.6. The molecule has 4 aromatic rings. The molecule has 364 valence electrons. The minimum Gasteiger partial charge on any atom is -0.507 e. The lowest BCUT2D eigenvalue weighted by molar-refractivity contribution is -0.354. The Hall–Kier alpha value is -5.80. The summed E-state index contributed by atoms with van der Waals surface area (Å²) < 4.78 is 51.3. The van der Waals surface area contributed by atoms with Gasteiger partial charge in [-0.15, -0.1) is 0 Å². The normalized spacial score (nSPS) is 32.3. The molecule has 12 N–H and O–H groups in total. The van der Waals surface area contributed by atoms with Crippen LogP contribution in [0.3, 0.4) is 0 Å². The van der Waals surface area contributed by atoms with Gasteiger partial charge in [-0.2, -0.15) is 0 Å². The minimum atomic E-state index is -2.10. The fourth-order valence-electron chi connectivity index (χ4n) is 7.61. The number of phenols is 4. The van der Waals surface area contributed by atoms with Crippen LogP contribution in [0.1, 0.15) is 25.0 Å². The molecule has 67 heavy (non-hydrogen) atoms. The highest BCUT2D eigenvalue weighted by Gasteiger charge is 2.52. The van der Waals surface area contributed by atoms with Gasteiger partial charge in [0.15, 0.2) is 41.2 Å². The maximum absolute atomic E-state index is 14.6. The van der Waals surface area contributed by atoms with Gasteiger partial charge in [0, 0.05) is 23.8 Å². The number of hydrogen-bond donors (Lipinski definition) is 12. The average molecular weight is 947 g/mol. The zero-order chi connectivity index (χ0) is 48.8. The minimum absolute atomic E-state index is 0.104. The third-order valence-electron chi connectivity index (χ3n) is 11.5. The van der Waals surface area contributed by atoms with E-state index in [0.29, 0.717) is 11.1 Å². The Morgan fingerprint density at radius 2 is 1.36 bits per heavy atom.